The van der Waals surface area contributed by atoms with E-state index in [9.17, 15) is 13.6 Å². The van der Waals surface area contributed by atoms with Crippen LogP contribution in [0.2, 0.25) is 0 Å². The zero-order chi connectivity index (χ0) is 10.0. The summed E-state index contributed by atoms with van der Waals surface area (Å²) in [6.07, 6.45) is -1.68. The minimum atomic E-state index is -2.92. The molecule has 0 aliphatic rings. The molecular weight excluding hydrogens is 178 g/mol. The Bertz CT molecular complexity index is 417. The van der Waals surface area contributed by atoms with Crippen molar-refractivity contribution >= 4 is 0 Å². The van der Waals surface area contributed by atoms with Gasteiger partial charge in [0.25, 0.3) is 6.43 Å². The van der Waals surface area contributed by atoms with Gasteiger partial charge in [-0.3, -0.25) is 4.79 Å². The number of nitriles is 1. The third kappa shape index (κ3) is 1.56. The summed E-state index contributed by atoms with van der Waals surface area (Å²) in [5.74, 6) is 0. The average molecular weight is 184 g/mol. The first-order valence-electron chi connectivity index (χ1n) is 3.48. The fourth-order valence-corrected chi connectivity index (χ4v) is 0.950. The minimum Gasteiger partial charge on any atom is -0.352 e. The van der Waals surface area contributed by atoms with Crippen LogP contribution in [0, 0.1) is 18.3 Å². The molecule has 0 aromatic carbocycles. The maximum absolute atomic E-state index is 12.3. The number of aromatic amines is 1. The Labute approximate surface area is 72.6 Å². The van der Waals surface area contributed by atoms with Crippen LogP contribution in [0.5, 0.6) is 0 Å². The van der Waals surface area contributed by atoms with Gasteiger partial charge in [0.05, 0.1) is 5.56 Å². The van der Waals surface area contributed by atoms with Crippen molar-refractivity contribution in [2.24, 2.45) is 0 Å². The van der Waals surface area contributed by atoms with Gasteiger partial charge < -0.3 is 4.98 Å². The number of hydrogen-bond donors (Lipinski definition) is 1. The molecule has 13 heavy (non-hydrogen) atoms. The van der Waals surface area contributed by atoms with Crippen molar-refractivity contribution in [1.82, 2.24) is 4.98 Å². The van der Waals surface area contributed by atoms with Crippen LogP contribution in [0.4, 0.5) is 8.78 Å². The number of rotatable bonds is 1. The zero-order valence-electron chi connectivity index (χ0n) is 6.77. The Morgan fingerprint density at radius 3 is 2.69 bits per heavy atom. The van der Waals surface area contributed by atoms with Gasteiger partial charge in [0.15, 0.2) is 5.43 Å². The molecule has 1 aromatic heterocycles. The second kappa shape index (κ2) is 3.35. The second-order valence-electron chi connectivity index (χ2n) is 2.50. The molecule has 0 aliphatic heterocycles. The summed E-state index contributed by atoms with van der Waals surface area (Å²) in [4.78, 5) is 13.5. The predicted molar refractivity (Wildman–Crippen MR) is 41.5 cm³/mol. The molecule has 1 N–H and O–H groups in total. The summed E-state index contributed by atoms with van der Waals surface area (Å²) >= 11 is 0. The Kier molecular flexibility index (Phi) is 2.42. The molecule has 0 saturated carbocycles. The van der Waals surface area contributed by atoms with Gasteiger partial charge >= 0.3 is 0 Å². The van der Waals surface area contributed by atoms with Gasteiger partial charge in [-0.2, -0.15) is 5.26 Å². The van der Waals surface area contributed by atoms with Crippen LogP contribution in [0.15, 0.2) is 11.0 Å². The van der Waals surface area contributed by atoms with Crippen molar-refractivity contribution in [3.8, 4) is 6.07 Å². The molecule has 1 aromatic rings. The smallest absolute Gasteiger partial charge is 0.270 e. The van der Waals surface area contributed by atoms with Crippen LogP contribution >= 0.6 is 0 Å². The molecule has 1 rings (SSSR count). The first-order chi connectivity index (χ1) is 6.07. The second-order valence-corrected chi connectivity index (χ2v) is 2.50. The standard InChI is InChI=1S/C8H6F2N2O/c1-4-3-12-5(2-11)6(7(4)13)8(9)10/h3,8H,1H3,(H,12,13). The fraction of sp³-hybridized carbons (Fsp3) is 0.250. The first-order valence-corrected chi connectivity index (χ1v) is 3.48. The van der Waals surface area contributed by atoms with Gasteiger partial charge in [-0.15, -0.1) is 0 Å². The van der Waals surface area contributed by atoms with E-state index in [1.165, 1.54) is 19.2 Å². The number of pyridine rings is 1. The third-order valence-corrected chi connectivity index (χ3v) is 1.64. The van der Waals surface area contributed by atoms with Crippen molar-refractivity contribution in [3.05, 3.63) is 33.2 Å². The van der Waals surface area contributed by atoms with Crippen molar-refractivity contribution in [1.29, 1.82) is 5.26 Å². The molecule has 0 unspecified atom stereocenters. The lowest BCUT2D eigenvalue weighted by molar-refractivity contribution is 0.149. The van der Waals surface area contributed by atoms with E-state index in [0.29, 0.717) is 0 Å². The summed E-state index contributed by atoms with van der Waals surface area (Å²) in [5.41, 5.74) is -1.72. The molecule has 0 amide bonds. The van der Waals surface area contributed by atoms with E-state index in [-0.39, 0.29) is 11.3 Å². The monoisotopic (exact) mass is 184 g/mol. The summed E-state index contributed by atoms with van der Waals surface area (Å²) in [7, 11) is 0. The summed E-state index contributed by atoms with van der Waals surface area (Å²) in [6.45, 7) is 1.41. The molecule has 0 saturated heterocycles. The average Bonchev–Trinajstić information content (AvgIpc) is 2.08. The van der Waals surface area contributed by atoms with Crippen LogP contribution in [0.25, 0.3) is 0 Å². The molecule has 1 heterocycles. The highest BCUT2D eigenvalue weighted by atomic mass is 19.3. The van der Waals surface area contributed by atoms with E-state index in [4.69, 9.17) is 5.26 Å². The Balaban J connectivity index is 3.53. The highest BCUT2D eigenvalue weighted by Gasteiger charge is 2.18. The summed E-state index contributed by atoms with van der Waals surface area (Å²) < 4.78 is 24.6. The Morgan fingerprint density at radius 2 is 2.23 bits per heavy atom. The zero-order valence-corrected chi connectivity index (χ0v) is 6.77. The molecule has 0 bridgehead atoms. The largest absolute Gasteiger partial charge is 0.352 e. The van der Waals surface area contributed by atoms with Crippen molar-refractivity contribution in [2.45, 2.75) is 13.3 Å². The van der Waals surface area contributed by atoms with Crippen molar-refractivity contribution < 1.29 is 8.78 Å². The lowest BCUT2D eigenvalue weighted by atomic mass is 10.1. The lowest BCUT2D eigenvalue weighted by Crippen LogP contribution is -2.15. The number of alkyl halides is 2. The van der Waals surface area contributed by atoms with Crippen LogP contribution in [0.1, 0.15) is 23.2 Å². The van der Waals surface area contributed by atoms with Crippen LogP contribution in [-0.4, -0.2) is 4.98 Å². The number of hydrogen-bond acceptors (Lipinski definition) is 2. The van der Waals surface area contributed by atoms with Crippen LogP contribution < -0.4 is 5.43 Å². The number of H-pyrrole nitrogens is 1. The van der Waals surface area contributed by atoms with Gasteiger partial charge in [-0.25, -0.2) is 8.78 Å². The topological polar surface area (TPSA) is 56.6 Å². The van der Waals surface area contributed by atoms with Gasteiger partial charge in [0.2, 0.25) is 0 Å². The van der Waals surface area contributed by atoms with E-state index in [1.807, 2.05) is 0 Å². The van der Waals surface area contributed by atoms with Crippen LogP contribution in [0.3, 0.4) is 0 Å². The molecule has 5 heteroatoms. The first kappa shape index (κ1) is 9.39. The Morgan fingerprint density at radius 1 is 1.62 bits per heavy atom. The van der Waals surface area contributed by atoms with E-state index in [2.05, 4.69) is 4.98 Å². The van der Waals surface area contributed by atoms with Gasteiger partial charge in [-0.1, -0.05) is 0 Å². The SMILES string of the molecule is Cc1c[nH]c(C#N)c(C(F)F)c1=O. The number of halogens is 2. The van der Waals surface area contributed by atoms with Gasteiger partial charge in [0, 0.05) is 11.8 Å². The molecule has 3 nitrogen and oxygen atoms in total. The highest BCUT2D eigenvalue weighted by molar-refractivity contribution is 5.34. The maximum Gasteiger partial charge on any atom is 0.270 e. The fourth-order valence-electron chi connectivity index (χ4n) is 0.950. The lowest BCUT2D eigenvalue weighted by Gasteiger charge is -2.01. The van der Waals surface area contributed by atoms with E-state index in [0.717, 1.165) is 0 Å². The number of nitrogens with zero attached hydrogens (tertiary/aromatic N) is 1. The molecular formula is C8H6F2N2O. The van der Waals surface area contributed by atoms with E-state index >= 15 is 0 Å². The minimum absolute atomic E-state index is 0.175. The quantitative estimate of drug-likeness (QED) is 0.718. The van der Waals surface area contributed by atoms with Crippen molar-refractivity contribution in [2.75, 3.05) is 0 Å². The molecule has 0 fully saturated rings. The summed E-state index contributed by atoms with van der Waals surface area (Å²) in [5, 5.41) is 8.43. The van der Waals surface area contributed by atoms with E-state index in [1.54, 1.807) is 0 Å². The molecule has 0 radical (unpaired) electrons. The van der Waals surface area contributed by atoms with E-state index < -0.39 is 17.4 Å². The molecule has 0 spiro atoms. The van der Waals surface area contributed by atoms with Crippen molar-refractivity contribution in [3.63, 3.8) is 0 Å². The number of aromatic nitrogens is 1. The number of aryl methyl sites for hydroxylation is 1. The van der Waals surface area contributed by atoms with Gasteiger partial charge in [0.1, 0.15) is 11.8 Å². The normalized spacial score (nSPS) is 10.1. The number of nitrogens with one attached hydrogen (secondary N) is 1. The summed E-state index contributed by atoms with van der Waals surface area (Å²) in [6, 6.07) is 1.51. The Hall–Kier alpha value is -1.70. The molecule has 0 atom stereocenters. The third-order valence-electron chi connectivity index (χ3n) is 1.64. The molecule has 68 valence electrons. The highest BCUT2D eigenvalue weighted by Crippen LogP contribution is 2.17. The van der Waals surface area contributed by atoms with Gasteiger partial charge in [-0.05, 0) is 6.92 Å². The van der Waals surface area contributed by atoms with Crippen LogP contribution in [-0.2, 0) is 0 Å². The molecule has 0 aliphatic carbocycles. The maximum atomic E-state index is 12.3. The predicted octanol–water partition coefficient (Wildman–Crippen LogP) is 1.49.